The van der Waals surface area contributed by atoms with E-state index in [0.717, 1.165) is 0 Å². The summed E-state index contributed by atoms with van der Waals surface area (Å²) in [6.07, 6.45) is -10.2. The third kappa shape index (κ3) is 3.04. The summed E-state index contributed by atoms with van der Waals surface area (Å²) in [6, 6.07) is 3.14. The Balaban J connectivity index is 2.39. The van der Waals surface area contributed by atoms with Crippen molar-refractivity contribution in [3.8, 4) is 11.5 Å². The van der Waals surface area contributed by atoms with Gasteiger partial charge in [-0.05, 0) is 24.3 Å². The van der Waals surface area contributed by atoms with Crippen LogP contribution in [0.1, 0.15) is 11.1 Å². The molecule has 0 fully saturated rings. The summed E-state index contributed by atoms with van der Waals surface area (Å²) in [4.78, 5) is 3.72. The number of nitrogens with zero attached hydrogens (tertiary/aromatic N) is 1. The molecular weight excluding hydrogens is 363 g/mol. The van der Waals surface area contributed by atoms with Gasteiger partial charge in [-0.2, -0.15) is 26.3 Å². The van der Waals surface area contributed by atoms with E-state index in [1.807, 2.05) is 0 Å². The Kier molecular flexibility index (Phi) is 3.85. The molecule has 0 aliphatic rings. The molecule has 1 heterocycles. The zero-order valence-electron chi connectivity index (χ0n) is 12.7. The number of hydrogen-bond donors (Lipinski definition) is 2. The molecule has 0 saturated heterocycles. The second-order valence-corrected chi connectivity index (χ2v) is 5.45. The van der Waals surface area contributed by atoms with Crippen LogP contribution in [-0.2, 0) is 12.4 Å². The first-order valence-corrected chi connectivity index (χ1v) is 6.91. The number of benzene rings is 2. The predicted molar refractivity (Wildman–Crippen MR) is 83.7 cm³/mol. The van der Waals surface area contributed by atoms with Crippen molar-refractivity contribution in [1.29, 1.82) is 0 Å². The molecule has 0 aliphatic carbocycles. The summed E-state index contributed by atoms with van der Waals surface area (Å²) in [5, 5.41) is 0. The molecule has 134 valence electrons. The molecule has 0 bridgehead atoms. The van der Waals surface area contributed by atoms with E-state index in [-0.39, 0.29) is 22.2 Å². The number of anilines is 2. The Morgan fingerprint density at radius 1 is 0.885 bits per heavy atom. The van der Waals surface area contributed by atoms with Crippen molar-refractivity contribution in [2.45, 2.75) is 12.4 Å². The van der Waals surface area contributed by atoms with Crippen LogP contribution in [-0.4, -0.2) is 12.8 Å². The zero-order chi connectivity index (χ0) is 19.4. The highest BCUT2D eigenvalue weighted by atomic mass is 19.4. The van der Waals surface area contributed by atoms with Gasteiger partial charge in [0, 0.05) is 11.4 Å². The van der Waals surface area contributed by atoms with Gasteiger partial charge in [0.1, 0.15) is 13.4 Å². The van der Waals surface area contributed by atoms with Crippen LogP contribution in [0.25, 0.3) is 22.6 Å². The van der Waals surface area contributed by atoms with Crippen LogP contribution >= 0.6 is 0 Å². The predicted octanol–water partition coefficient (Wildman–Crippen LogP) is 3.49. The number of alkyl halides is 6. The van der Waals surface area contributed by atoms with Gasteiger partial charge < -0.3 is 15.9 Å². The molecule has 0 atom stereocenters. The standard InChI is InChI=1S/C15H8BF6N3O/c16-8-3-11-10(4-9(8)24)25-13(26-11)12-6(14(17,18)19)1-5(23)2-7(12)15(20,21)22/h1-4H,23-24H2. The van der Waals surface area contributed by atoms with E-state index in [1.54, 1.807) is 0 Å². The van der Waals surface area contributed by atoms with Crippen molar-refractivity contribution in [1.82, 2.24) is 4.98 Å². The van der Waals surface area contributed by atoms with Crippen LogP contribution in [0.4, 0.5) is 37.7 Å². The fraction of sp³-hybridized carbons (Fsp3) is 0.133. The lowest BCUT2D eigenvalue weighted by Crippen LogP contribution is -2.15. The Labute approximate surface area is 143 Å². The number of fused-ring (bicyclic) bond motifs is 1. The molecule has 0 saturated carbocycles. The zero-order valence-corrected chi connectivity index (χ0v) is 12.7. The number of halogens is 6. The van der Waals surface area contributed by atoms with Crippen LogP contribution in [0.5, 0.6) is 0 Å². The third-order valence-corrected chi connectivity index (χ3v) is 3.58. The second-order valence-electron chi connectivity index (χ2n) is 5.45. The van der Waals surface area contributed by atoms with Gasteiger partial charge in [0.25, 0.3) is 0 Å². The number of aromatic nitrogens is 1. The molecule has 0 aliphatic heterocycles. The lowest BCUT2D eigenvalue weighted by Gasteiger charge is -2.17. The molecule has 1 aromatic heterocycles. The average Bonchev–Trinajstić information content (AvgIpc) is 2.87. The molecule has 3 aromatic rings. The minimum Gasteiger partial charge on any atom is -0.436 e. The number of rotatable bonds is 1. The summed E-state index contributed by atoms with van der Waals surface area (Å²) in [5.74, 6) is -0.871. The van der Waals surface area contributed by atoms with E-state index in [4.69, 9.17) is 23.7 Å². The lowest BCUT2D eigenvalue weighted by molar-refractivity contribution is -0.142. The van der Waals surface area contributed by atoms with Crippen molar-refractivity contribution in [2.75, 3.05) is 11.5 Å². The minimum atomic E-state index is -5.12. The molecule has 11 heteroatoms. The van der Waals surface area contributed by atoms with E-state index in [0.29, 0.717) is 12.1 Å². The van der Waals surface area contributed by atoms with Crippen molar-refractivity contribution < 1.29 is 30.8 Å². The summed E-state index contributed by atoms with van der Waals surface area (Å²) in [5.41, 5.74) is 5.58. The summed E-state index contributed by atoms with van der Waals surface area (Å²) < 4.78 is 85.1. The third-order valence-electron chi connectivity index (χ3n) is 3.58. The molecule has 2 aromatic carbocycles. The number of nitrogens with two attached hydrogens (primary N) is 2. The highest BCUT2D eigenvalue weighted by molar-refractivity contribution is 6.36. The number of nitrogen functional groups attached to an aromatic ring is 2. The Bertz CT molecular complexity index is 935. The minimum absolute atomic E-state index is 0.0372. The largest absolute Gasteiger partial charge is 0.436 e. The molecule has 3 rings (SSSR count). The van der Waals surface area contributed by atoms with E-state index >= 15 is 0 Å². The monoisotopic (exact) mass is 371 g/mol. The fourth-order valence-corrected chi connectivity index (χ4v) is 2.45. The average molecular weight is 371 g/mol. The maximum Gasteiger partial charge on any atom is 0.417 e. The van der Waals surface area contributed by atoms with Crippen molar-refractivity contribution in [3.05, 3.63) is 35.4 Å². The highest BCUT2D eigenvalue weighted by Gasteiger charge is 2.43. The van der Waals surface area contributed by atoms with Gasteiger partial charge in [-0.1, -0.05) is 5.46 Å². The van der Waals surface area contributed by atoms with Crippen LogP contribution in [0.2, 0.25) is 0 Å². The molecule has 0 amide bonds. The first kappa shape index (κ1) is 18.0. The Hall–Kier alpha value is -2.85. The Morgan fingerprint density at radius 3 is 1.92 bits per heavy atom. The summed E-state index contributed by atoms with van der Waals surface area (Å²) >= 11 is 0. The van der Waals surface area contributed by atoms with Crippen molar-refractivity contribution >= 4 is 35.8 Å². The maximum absolute atomic E-state index is 13.3. The van der Waals surface area contributed by atoms with Crippen LogP contribution in [0.15, 0.2) is 28.7 Å². The van der Waals surface area contributed by atoms with Crippen LogP contribution < -0.4 is 16.9 Å². The van der Waals surface area contributed by atoms with E-state index < -0.39 is 40.6 Å². The Morgan fingerprint density at radius 2 is 1.42 bits per heavy atom. The summed E-state index contributed by atoms with van der Waals surface area (Å²) in [6.45, 7) is 0. The van der Waals surface area contributed by atoms with Gasteiger partial charge in [0.2, 0.25) is 5.89 Å². The fourth-order valence-electron chi connectivity index (χ4n) is 2.45. The van der Waals surface area contributed by atoms with Gasteiger partial charge in [0.05, 0.1) is 16.7 Å². The van der Waals surface area contributed by atoms with Crippen molar-refractivity contribution in [3.63, 3.8) is 0 Å². The smallest absolute Gasteiger partial charge is 0.417 e. The van der Waals surface area contributed by atoms with Gasteiger partial charge in [-0.3, -0.25) is 0 Å². The number of hydrogen-bond acceptors (Lipinski definition) is 4. The molecule has 0 spiro atoms. The van der Waals surface area contributed by atoms with Gasteiger partial charge in [-0.15, -0.1) is 0 Å². The first-order valence-electron chi connectivity index (χ1n) is 6.91. The van der Waals surface area contributed by atoms with Crippen LogP contribution in [0, 0.1) is 0 Å². The van der Waals surface area contributed by atoms with E-state index in [2.05, 4.69) is 4.98 Å². The highest BCUT2D eigenvalue weighted by Crippen LogP contribution is 2.46. The molecule has 4 nitrogen and oxygen atoms in total. The molecular formula is C15H8BF6N3O. The lowest BCUT2D eigenvalue weighted by atomic mass is 9.94. The second kappa shape index (κ2) is 5.58. The SMILES string of the molecule is [B]c1cc2oc(-c3c(C(F)(F)F)cc(N)cc3C(F)(F)F)nc2cc1N. The number of oxazole rings is 1. The summed E-state index contributed by atoms with van der Waals surface area (Å²) in [7, 11) is 5.56. The van der Waals surface area contributed by atoms with E-state index in [1.165, 1.54) is 12.1 Å². The maximum atomic E-state index is 13.3. The van der Waals surface area contributed by atoms with Crippen LogP contribution in [0.3, 0.4) is 0 Å². The van der Waals surface area contributed by atoms with E-state index in [9.17, 15) is 26.3 Å². The normalized spacial score (nSPS) is 12.7. The van der Waals surface area contributed by atoms with Gasteiger partial charge in [0.15, 0.2) is 5.58 Å². The molecule has 26 heavy (non-hydrogen) atoms. The van der Waals surface area contributed by atoms with Gasteiger partial charge >= 0.3 is 12.4 Å². The van der Waals surface area contributed by atoms with Crippen molar-refractivity contribution in [2.24, 2.45) is 0 Å². The topological polar surface area (TPSA) is 78.1 Å². The van der Waals surface area contributed by atoms with Gasteiger partial charge in [-0.25, -0.2) is 4.98 Å². The molecule has 2 radical (unpaired) electrons. The molecule has 0 unspecified atom stereocenters. The quantitative estimate of drug-likeness (QED) is 0.390. The first-order chi connectivity index (χ1) is 11.9. The molecule has 4 N–H and O–H groups in total.